The minimum atomic E-state index is 0. The van der Waals surface area contributed by atoms with Gasteiger partial charge in [-0.2, -0.15) is 0 Å². The van der Waals surface area contributed by atoms with E-state index in [1.54, 1.807) is 0 Å². The largest absolute Gasteiger partial charge is 0.376 e. The molecule has 1 aromatic heterocycles. The number of thiophene rings is 1. The third kappa shape index (κ3) is 7.93. The zero-order valence-electron chi connectivity index (χ0n) is 18.8. The maximum atomic E-state index is 5.76. The van der Waals surface area contributed by atoms with E-state index in [9.17, 15) is 0 Å². The molecule has 0 saturated carbocycles. The van der Waals surface area contributed by atoms with Gasteiger partial charge >= 0.3 is 0 Å². The number of likely N-dealkylation sites (tertiary alicyclic amines) is 1. The van der Waals surface area contributed by atoms with Gasteiger partial charge < -0.3 is 20.3 Å². The summed E-state index contributed by atoms with van der Waals surface area (Å²) < 4.78 is 5.76. The number of nitrogens with zero attached hydrogens (tertiary/aromatic N) is 3. The molecule has 8 heteroatoms. The van der Waals surface area contributed by atoms with E-state index in [1.807, 2.05) is 11.3 Å². The van der Waals surface area contributed by atoms with Crippen LogP contribution in [-0.4, -0.2) is 80.3 Å². The molecule has 2 aliphatic rings. The van der Waals surface area contributed by atoms with Gasteiger partial charge in [0.05, 0.1) is 25.3 Å². The van der Waals surface area contributed by atoms with Gasteiger partial charge in [-0.25, -0.2) is 0 Å². The van der Waals surface area contributed by atoms with E-state index in [1.165, 1.54) is 43.8 Å². The molecule has 2 fully saturated rings. The van der Waals surface area contributed by atoms with Crippen molar-refractivity contribution in [1.82, 2.24) is 20.4 Å². The Kier molecular flexibility index (Phi) is 12.0. The van der Waals surface area contributed by atoms with E-state index >= 15 is 0 Å². The molecule has 0 bridgehead atoms. The summed E-state index contributed by atoms with van der Waals surface area (Å²) in [6, 6.07) is 5.23. The first-order valence-corrected chi connectivity index (χ1v) is 12.2. The van der Waals surface area contributed by atoms with E-state index in [0.717, 1.165) is 38.7 Å². The van der Waals surface area contributed by atoms with E-state index < -0.39 is 0 Å². The zero-order chi connectivity index (χ0) is 20.5. The minimum absolute atomic E-state index is 0. The van der Waals surface area contributed by atoms with Gasteiger partial charge in [-0.05, 0) is 51.1 Å². The summed E-state index contributed by atoms with van der Waals surface area (Å²) in [6.07, 6.45) is 3.92. The summed E-state index contributed by atoms with van der Waals surface area (Å²) in [5, 5.41) is 9.34. The Labute approximate surface area is 203 Å². The number of hydrogen-bond donors (Lipinski definition) is 2. The highest BCUT2D eigenvalue weighted by Crippen LogP contribution is 2.27. The van der Waals surface area contributed by atoms with Crippen LogP contribution in [0.5, 0.6) is 0 Å². The molecule has 0 aliphatic carbocycles. The maximum absolute atomic E-state index is 5.76. The first-order valence-electron chi connectivity index (χ1n) is 11.4. The standard InChI is InChI=1S/C22H39N5OS.HI/c1-4-10-26-11-8-19(9-12-26)25-22(23-5-2)24-16-20(21-7-6-15-29-21)27-13-14-28-18(3)17-27;/h6-7,15,18-20H,4-5,8-14,16-17H2,1-3H3,(H2,23,24,25);1H. The molecular weight excluding hydrogens is 509 g/mol. The SMILES string of the molecule is CCCN1CCC(NC(=NCC(c2cccs2)N2CCOC(C)C2)NCC)CC1.I. The zero-order valence-corrected chi connectivity index (χ0v) is 22.0. The second kappa shape index (κ2) is 13.9. The van der Waals surface area contributed by atoms with E-state index in [4.69, 9.17) is 9.73 Å². The lowest BCUT2D eigenvalue weighted by molar-refractivity contribution is -0.0327. The van der Waals surface area contributed by atoms with Gasteiger partial charge in [0.15, 0.2) is 5.96 Å². The van der Waals surface area contributed by atoms with Crippen molar-refractivity contribution >= 4 is 41.3 Å². The van der Waals surface area contributed by atoms with Crippen molar-refractivity contribution in [3.05, 3.63) is 22.4 Å². The molecule has 1 aromatic rings. The number of ether oxygens (including phenoxy) is 1. The third-order valence-electron chi connectivity index (χ3n) is 5.82. The summed E-state index contributed by atoms with van der Waals surface area (Å²) >= 11 is 1.83. The molecule has 3 rings (SSSR count). The van der Waals surface area contributed by atoms with Crippen LogP contribution in [0.3, 0.4) is 0 Å². The van der Waals surface area contributed by atoms with E-state index in [0.29, 0.717) is 12.1 Å². The monoisotopic (exact) mass is 549 g/mol. The summed E-state index contributed by atoms with van der Waals surface area (Å²) in [5.74, 6) is 0.962. The topological polar surface area (TPSA) is 52.1 Å². The van der Waals surface area contributed by atoms with Crippen LogP contribution in [0.2, 0.25) is 0 Å². The second-order valence-corrected chi connectivity index (χ2v) is 9.17. The van der Waals surface area contributed by atoms with Gasteiger partial charge in [0.25, 0.3) is 0 Å². The van der Waals surface area contributed by atoms with Crippen molar-refractivity contribution in [3.8, 4) is 0 Å². The van der Waals surface area contributed by atoms with Crippen LogP contribution in [0.25, 0.3) is 0 Å². The number of morpholine rings is 1. The first-order chi connectivity index (χ1) is 14.2. The Hall–Kier alpha value is -0.420. The highest BCUT2D eigenvalue weighted by molar-refractivity contribution is 14.0. The van der Waals surface area contributed by atoms with Crippen LogP contribution >= 0.6 is 35.3 Å². The van der Waals surface area contributed by atoms with Crippen LogP contribution < -0.4 is 10.6 Å². The molecule has 172 valence electrons. The number of piperidine rings is 1. The highest BCUT2D eigenvalue weighted by Gasteiger charge is 2.26. The third-order valence-corrected chi connectivity index (χ3v) is 6.79. The van der Waals surface area contributed by atoms with Gasteiger partial charge in [0.1, 0.15) is 0 Å². The molecule has 0 amide bonds. The summed E-state index contributed by atoms with van der Waals surface area (Å²) in [6.45, 7) is 14.6. The van der Waals surface area contributed by atoms with E-state index in [2.05, 4.69) is 58.7 Å². The van der Waals surface area contributed by atoms with Crippen LogP contribution in [0.4, 0.5) is 0 Å². The predicted molar refractivity (Wildman–Crippen MR) is 138 cm³/mol. The summed E-state index contributed by atoms with van der Waals surface area (Å²) in [4.78, 5) is 11.5. The van der Waals surface area contributed by atoms with Crippen molar-refractivity contribution in [2.24, 2.45) is 4.99 Å². The van der Waals surface area contributed by atoms with E-state index in [-0.39, 0.29) is 30.1 Å². The number of nitrogens with one attached hydrogen (secondary N) is 2. The first kappa shape index (κ1) is 25.8. The van der Waals surface area contributed by atoms with Gasteiger partial charge in [-0.3, -0.25) is 9.89 Å². The smallest absolute Gasteiger partial charge is 0.191 e. The van der Waals surface area contributed by atoms with Gasteiger partial charge in [-0.1, -0.05) is 13.0 Å². The molecule has 2 saturated heterocycles. The molecule has 30 heavy (non-hydrogen) atoms. The van der Waals surface area contributed by atoms with Crippen LogP contribution in [-0.2, 0) is 4.74 Å². The molecule has 0 radical (unpaired) electrons. The van der Waals surface area contributed by atoms with Crippen molar-refractivity contribution in [2.75, 3.05) is 52.4 Å². The lowest BCUT2D eigenvalue weighted by Gasteiger charge is -2.36. The Balaban J connectivity index is 0.00000320. The van der Waals surface area contributed by atoms with Crippen LogP contribution in [0.15, 0.2) is 22.5 Å². The molecule has 6 nitrogen and oxygen atoms in total. The normalized spacial score (nSPS) is 23.0. The second-order valence-electron chi connectivity index (χ2n) is 8.19. The lowest BCUT2D eigenvalue weighted by Crippen LogP contribution is -2.49. The molecule has 0 aromatic carbocycles. The molecule has 2 N–H and O–H groups in total. The summed E-state index contributed by atoms with van der Waals surface area (Å²) in [7, 11) is 0. The fraction of sp³-hybridized carbons (Fsp3) is 0.773. The van der Waals surface area contributed by atoms with Gasteiger partial charge in [-0.15, -0.1) is 35.3 Å². The number of hydrogen-bond acceptors (Lipinski definition) is 5. The molecule has 2 atom stereocenters. The summed E-state index contributed by atoms with van der Waals surface area (Å²) in [5.41, 5.74) is 0. The predicted octanol–water partition coefficient (Wildman–Crippen LogP) is 3.56. The quantitative estimate of drug-likeness (QED) is 0.295. The lowest BCUT2D eigenvalue weighted by atomic mass is 10.1. The molecule has 3 heterocycles. The average molecular weight is 550 g/mol. The maximum Gasteiger partial charge on any atom is 0.191 e. The molecular formula is C22H40IN5OS. The molecule has 0 spiro atoms. The highest BCUT2D eigenvalue weighted by atomic mass is 127. The van der Waals surface area contributed by atoms with Crippen molar-refractivity contribution in [1.29, 1.82) is 0 Å². The Bertz CT molecular complexity index is 607. The molecule has 2 unspecified atom stereocenters. The fourth-order valence-electron chi connectivity index (χ4n) is 4.30. The number of rotatable bonds is 8. The van der Waals surface area contributed by atoms with Gasteiger partial charge in [0, 0.05) is 43.6 Å². The Morgan fingerprint density at radius 3 is 2.73 bits per heavy atom. The Morgan fingerprint density at radius 2 is 2.10 bits per heavy atom. The fourth-order valence-corrected chi connectivity index (χ4v) is 5.16. The number of aliphatic imine (C=N–C) groups is 1. The van der Waals surface area contributed by atoms with Crippen LogP contribution in [0.1, 0.15) is 51.0 Å². The number of halogens is 1. The van der Waals surface area contributed by atoms with Crippen molar-refractivity contribution < 1.29 is 4.74 Å². The van der Waals surface area contributed by atoms with Crippen LogP contribution in [0, 0.1) is 0 Å². The number of guanidine groups is 1. The van der Waals surface area contributed by atoms with Crippen molar-refractivity contribution in [2.45, 2.75) is 58.2 Å². The average Bonchev–Trinajstić information content (AvgIpc) is 3.24. The molecule has 2 aliphatic heterocycles. The Morgan fingerprint density at radius 1 is 1.30 bits per heavy atom. The van der Waals surface area contributed by atoms with Gasteiger partial charge in [0.2, 0.25) is 0 Å². The minimum Gasteiger partial charge on any atom is -0.376 e. The van der Waals surface area contributed by atoms with Crippen molar-refractivity contribution in [3.63, 3.8) is 0 Å².